The molecule has 0 atom stereocenters. The highest BCUT2D eigenvalue weighted by molar-refractivity contribution is 5.85. The molecule has 0 aliphatic carbocycles. The second-order valence-electron chi connectivity index (χ2n) is 3.29. The van der Waals surface area contributed by atoms with Crippen molar-refractivity contribution in [3.05, 3.63) is 12.7 Å². The Morgan fingerprint density at radius 2 is 1.14 bits per heavy atom. The topological polar surface area (TPSA) is 49.6 Å². The van der Waals surface area contributed by atoms with Gasteiger partial charge in [0.2, 0.25) is 5.91 Å². The molecule has 0 saturated carbocycles. The van der Waals surface area contributed by atoms with Crippen molar-refractivity contribution in [1.82, 2.24) is 9.80 Å². The SMILES string of the molecule is C=CC(N)=O.CN(C)C.CN(C)C.Cl. The Morgan fingerprint density at radius 3 is 1.14 bits per heavy atom. The van der Waals surface area contributed by atoms with Crippen LogP contribution < -0.4 is 5.73 Å². The Bertz CT molecular complexity index is 116. The van der Waals surface area contributed by atoms with E-state index in [2.05, 4.69) is 12.3 Å². The first kappa shape index (κ1) is 23.3. The van der Waals surface area contributed by atoms with E-state index in [1.165, 1.54) is 0 Å². The number of nitrogens with zero attached hydrogens (tertiary/aromatic N) is 2. The van der Waals surface area contributed by atoms with Crippen molar-refractivity contribution in [3.8, 4) is 0 Å². The number of carbonyl (C=O) groups is 1. The van der Waals surface area contributed by atoms with E-state index in [1.807, 2.05) is 52.1 Å². The fraction of sp³-hybridized carbons (Fsp3) is 0.667. The van der Waals surface area contributed by atoms with Gasteiger partial charge in [-0.25, -0.2) is 0 Å². The van der Waals surface area contributed by atoms with Crippen LogP contribution in [0.25, 0.3) is 0 Å². The molecule has 4 nitrogen and oxygen atoms in total. The lowest BCUT2D eigenvalue weighted by atomic mass is 10.6. The molecule has 0 bridgehead atoms. The molecule has 0 rings (SSSR count). The first-order valence-electron chi connectivity index (χ1n) is 3.87. The molecule has 0 heterocycles. The van der Waals surface area contributed by atoms with E-state index in [0.717, 1.165) is 6.08 Å². The average molecular weight is 226 g/mol. The van der Waals surface area contributed by atoms with Gasteiger partial charge < -0.3 is 15.5 Å². The summed E-state index contributed by atoms with van der Waals surface area (Å²) in [5.41, 5.74) is 4.53. The third kappa shape index (κ3) is 615. The van der Waals surface area contributed by atoms with Crippen molar-refractivity contribution < 1.29 is 4.79 Å². The van der Waals surface area contributed by atoms with Gasteiger partial charge in [-0.15, -0.1) is 12.4 Å². The van der Waals surface area contributed by atoms with E-state index in [-0.39, 0.29) is 12.4 Å². The molecule has 14 heavy (non-hydrogen) atoms. The van der Waals surface area contributed by atoms with Gasteiger partial charge in [0.25, 0.3) is 0 Å². The number of nitrogens with two attached hydrogens (primary N) is 1. The van der Waals surface area contributed by atoms with Gasteiger partial charge in [0.1, 0.15) is 0 Å². The van der Waals surface area contributed by atoms with Crippen LogP contribution in [0, 0.1) is 0 Å². The van der Waals surface area contributed by atoms with Crippen LogP contribution >= 0.6 is 12.4 Å². The number of hydrogen-bond donors (Lipinski definition) is 1. The standard InChI is InChI=1S/C3H5NO.2C3H9N.ClH/c1-2-3(4)5;2*1-4(2)3;/h2H,1H2,(H2,4,5);2*1-3H3;1H. The Hall–Kier alpha value is -0.580. The quantitative estimate of drug-likeness (QED) is 0.659. The van der Waals surface area contributed by atoms with E-state index >= 15 is 0 Å². The van der Waals surface area contributed by atoms with Crippen LogP contribution in [-0.4, -0.2) is 58.0 Å². The lowest BCUT2D eigenvalue weighted by molar-refractivity contribution is -0.113. The highest BCUT2D eigenvalue weighted by Gasteiger charge is 1.69. The molecular formula is C9H24ClN3O. The zero-order valence-electron chi connectivity index (χ0n) is 10.1. The zero-order chi connectivity index (χ0) is 11.4. The number of carbonyl (C=O) groups excluding carboxylic acids is 1. The van der Waals surface area contributed by atoms with Gasteiger partial charge in [0, 0.05) is 0 Å². The predicted octanol–water partition coefficient (Wildman–Crippen LogP) is 0.435. The molecule has 0 saturated heterocycles. The van der Waals surface area contributed by atoms with Crippen LogP contribution in [0.3, 0.4) is 0 Å². The molecular weight excluding hydrogens is 202 g/mol. The van der Waals surface area contributed by atoms with Crippen LogP contribution in [0.2, 0.25) is 0 Å². The van der Waals surface area contributed by atoms with E-state index in [0.29, 0.717) is 0 Å². The fourth-order valence-corrected chi connectivity index (χ4v) is 0. The van der Waals surface area contributed by atoms with Crippen molar-refractivity contribution >= 4 is 18.3 Å². The van der Waals surface area contributed by atoms with Crippen molar-refractivity contribution in [1.29, 1.82) is 0 Å². The van der Waals surface area contributed by atoms with Gasteiger partial charge in [-0.1, -0.05) is 6.58 Å². The van der Waals surface area contributed by atoms with Crippen molar-refractivity contribution in [2.45, 2.75) is 0 Å². The van der Waals surface area contributed by atoms with Gasteiger partial charge in [0.05, 0.1) is 0 Å². The Balaban J connectivity index is -0.0000000522. The molecule has 0 radical (unpaired) electrons. The zero-order valence-corrected chi connectivity index (χ0v) is 10.9. The summed E-state index contributed by atoms with van der Waals surface area (Å²) in [5, 5.41) is 0. The molecule has 0 aliphatic rings. The molecule has 2 N–H and O–H groups in total. The summed E-state index contributed by atoms with van der Waals surface area (Å²) in [6.45, 7) is 3.09. The summed E-state index contributed by atoms with van der Waals surface area (Å²) >= 11 is 0. The second kappa shape index (κ2) is 18.3. The predicted molar refractivity (Wildman–Crippen MR) is 65.9 cm³/mol. The first-order chi connectivity index (χ1) is 5.73. The Labute approximate surface area is 94.2 Å². The van der Waals surface area contributed by atoms with Gasteiger partial charge in [-0.3, -0.25) is 4.79 Å². The van der Waals surface area contributed by atoms with Gasteiger partial charge in [-0.05, 0) is 48.4 Å². The number of amides is 1. The molecule has 5 heteroatoms. The molecule has 0 fully saturated rings. The molecule has 0 aromatic heterocycles. The summed E-state index contributed by atoms with van der Waals surface area (Å²) in [5.74, 6) is -0.481. The number of primary amides is 1. The van der Waals surface area contributed by atoms with Crippen molar-refractivity contribution in [2.75, 3.05) is 42.3 Å². The fourth-order valence-electron chi connectivity index (χ4n) is 0. The molecule has 0 unspecified atom stereocenters. The van der Waals surface area contributed by atoms with Crippen LogP contribution in [0.5, 0.6) is 0 Å². The highest BCUT2D eigenvalue weighted by Crippen LogP contribution is 1.49. The number of halogens is 1. The summed E-state index contributed by atoms with van der Waals surface area (Å²) < 4.78 is 0. The summed E-state index contributed by atoms with van der Waals surface area (Å²) in [4.78, 5) is 13.5. The normalized spacial score (nSPS) is 7.43. The lowest BCUT2D eigenvalue weighted by Gasteiger charge is -1.90. The van der Waals surface area contributed by atoms with Gasteiger partial charge in [-0.2, -0.15) is 0 Å². The molecule has 0 aromatic carbocycles. The van der Waals surface area contributed by atoms with Gasteiger partial charge in [0.15, 0.2) is 0 Å². The number of rotatable bonds is 1. The Morgan fingerprint density at radius 1 is 1.07 bits per heavy atom. The van der Waals surface area contributed by atoms with Crippen LogP contribution in [0.1, 0.15) is 0 Å². The summed E-state index contributed by atoms with van der Waals surface area (Å²) in [7, 11) is 12.0. The molecule has 0 aliphatic heterocycles. The van der Waals surface area contributed by atoms with Crippen LogP contribution in [0.15, 0.2) is 12.7 Å². The molecule has 0 aromatic rings. The smallest absolute Gasteiger partial charge is 0.240 e. The van der Waals surface area contributed by atoms with E-state index in [9.17, 15) is 4.79 Å². The van der Waals surface area contributed by atoms with E-state index in [1.54, 1.807) is 0 Å². The van der Waals surface area contributed by atoms with Crippen LogP contribution in [0.4, 0.5) is 0 Å². The maximum atomic E-state index is 9.47. The lowest BCUT2D eigenvalue weighted by Crippen LogP contribution is -2.04. The number of hydrogen-bond acceptors (Lipinski definition) is 3. The molecule has 1 amide bonds. The summed E-state index contributed by atoms with van der Waals surface area (Å²) in [6, 6.07) is 0. The molecule has 88 valence electrons. The minimum Gasteiger partial charge on any atom is -0.366 e. The van der Waals surface area contributed by atoms with Gasteiger partial charge >= 0.3 is 0 Å². The van der Waals surface area contributed by atoms with Crippen LogP contribution in [-0.2, 0) is 4.79 Å². The average Bonchev–Trinajstić information content (AvgIpc) is 1.84. The maximum Gasteiger partial charge on any atom is 0.240 e. The maximum absolute atomic E-state index is 9.47. The third-order valence-corrected chi connectivity index (χ3v) is 0.201. The van der Waals surface area contributed by atoms with Crippen molar-refractivity contribution in [3.63, 3.8) is 0 Å². The highest BCUT2D eigenvalue weighted by atomic mass is 35.5. The minimum atomic E-state index is -0.481. The monoisotopic (exact) mass is 225 g/mol. The summed E-state index contributed by atoms with van der Waals surface area (Å²) in [6.07, 6.45) is 1.06. The van der Waals surface area contributed by atoms with Crippen molar-refractivity contribution in [2.24, 2.45) is 5.73 Å². The first-order valence-corrected chi connectivity index (χ1v) is 3.87. The van der Waals surface area contributed by atoms with E-state index in [4.69, 9.17) is 0 Å². The Kier molecular flexibility index (Phi) is 30.4. The second-order valence-corrected chi connectivity index (χ2v) is 3.29. The third-order valence-electron chi connectivity index (χ3n) is 0.201. The van der Waals surface area contributed by atoms with E-state index < -0.39 is 5.91 Å². The minimum absolute atomic E-state index is 0. The molecule has 0 spiro atoms. The largest absolute Gasteiger partial charge is 0.366 e.